The highest BCUT2D eigenvalue weighted by molar-refractivity contribution is 7.47. The van der Waals surface area contributed by atoms with Crippen molar-refractivity contribution < 1.29 is 117 Å². The number of carbonyl (C=O) groups excluding carboxylic acids is 3. The van der Waals surface area contributed by atoms with Crippen molar-refractivity contribution in [3.8, 4) is 0 Å². The predicted octanol–water partition coefficient (Wildman–Crippen LogP) is 9.29. The van der Waals surface area contributed by atoms with Crippen LogP contribution < -0.4 is 0 Å². The van der Waals surface area contributed by atoms with Crippen molar-refractivity contribution in [1.29, 1.82) is 0 Å². The molecule has 0 aromatic heterocycles. The highest BCUT2D eigenvalue weighted by Gasteiger charge is 2.58. The van der Waals surface area contributed by atoms with Crippen LogP contribution in [0, 0.1) is 0 Å². The quantitative estimate of drug-likeness (QED) is 0.00513. The third-order valence-corrected chi connectivity index (χ3v) is 18.6. The minimum Gasteiger partial charge on any atom is -0.462 e. The summed E-state index contributed by atoms with van der Waals surface area (Å²) < 4.78 is 64.6. The first kappa shape index (κ1) is 87.1. The van der Waals surface area contributed by atoms with Crippen molar-refractivity contribution in [3.05, 3.63) is 48.6 Å². The molecular formula is C71H125O24P. The van der Waals surface area contributed by atoms with Gasteiger partial charge in [-0.25, -0.2) is 9.36 Å². The van der Waals surface area contributed by atoms with Crippen LogP contribution in [0.3, 0.4) is 0 Å². The molecule has 2 aliphatic heterocycles. The normalized spacial score (nSPS) is 28.2. The maximum Gasteiger partial charge on any atom is 0.472 e. The van der Waals surface area contributed by atoms with Crippen molar-refractivity contribution >= 4 is 25.7 Å². The van der Waals surface area contributed by atoms with Gasteiger partial charge in [0.1, 0.15) is 98.7 Å². The molecule has 2 heterocycles. The van der Waals surface area contributed by atoms with Gasteiger partial charge in [-0.3, -0.25) is 18.6 Å². The third-order valence-electron chi connectivity index (χ3n) is 17.7. The molecule has 3 rings (SSSR count). The first-order valence-corrected chi connectivity index (χ1v) is 38.0. The molecule has 3 aliphatic rings. The highest BCUT2D eigenvalue weighted by Crippen LogP contribution is 2.49. The number of unbranched alkanes of at least 4 members (excludes halogenated alkanes) is 29. The van der Waals surface area contributed by atoms with E-state index in [2.05, 4.69) is 45.1 Å². The summed E-state index contributed by atoms with van der Waals surface area (Å²) in [5.41, 5.74) is 0. The molecule has 0 aromatic rings. The fraction of sp³-hybridized carbons (Fsp3) is 0.845. The Morgan fingerprint density at radius 1 is 0.427 bits per heavy atom. The van der Waals surface area contributed by atoms with Crippen LogP contribution >= 0.6 is 7.82 Å². The van der Waals surface area contributed by atoms with Crippen molar-refractivity contribution in [2.45, 2.75) is 356 Å². The first-order chi connectivity index (χ1) is 46.3. The molecule has 25 heteroatoms. The van der Waals surface area contributed by atoms with Gasteiger partial charge < -0.3 is 89.1 Å². The molecule has 2 saturated heterocycles. The number of rotatable bonds is 55. The van der Waals surface area contributed by atoms with Gasteiger partial charge in [0.15, 0.2) is 18.7 Å². The van der Waals surface area contributed by atoms with E-state index in [0.29, 0.717) is 19.3 Å². The number of phosphoric ester groups is 1. The van der Waals surface area contributed by atoms with Gasteiger partial charge in [-0.1, -0.05) is 205 Å². The molecule has 0 spiro atoms. The number of ether oxygens (including phenoxy) is 7. The van der Waals surface area contributed by atoms with Crippen molar-refractivity contribution in [1.82, 2.24) is 0 Å². The summed E-state index contributed by atoms with van der Waals surface area (Å²) >= 11 is 0. The maximum absolute atomic E-state index is 14.3. The SMILES string of the molecule is CCCCCCCC/C=C\CCCCCC(=O)OCC(COP(=O)(O)OC1C(OC2OC(CO)C(O)C(O)C2O)C(O)C(O)C(O)C1OC1OC(COC(=O)/C=C/C=C/CCCCCCCCCCCCC)C(O)C(O)C1O)OC(=O)CCCCC/C=C\CCCCCCCC. The maximum atomic E-state index is 14.3. The predicted molar refractivity (Wildman–Crippen MR) is 360 cm³/mol. The second-order valence-corrected chi connectivity index (χ2v) is 27.4. The molecule has 0 radical (unpaired) electrons. The average Bonchev–Trinajstić information content (AvgIpc) is 0.767. The molecule has 96 heavy (non-hydrogen) atoms. The Bertz CT molecular complexity index is 2180. The molecule has 18 atom stereocenters. The number of carbonyl (C=O) groups is 3. The molecule has 18 unspecified atom stereocenters. The molecule has 1 saturated carbocycles. The van der Waals surface area contributed by atoms with Gasteiger partial charge in [0.2, 0.25) is 0 Å². The van der Waals surface area contributed by atoms with E-state index in [-0.39, 0.29) is 12.8 Å². The summed E-state index contributed by atoms with van der Waals surface area (Å²) in [6.45, 7) is 3.28. The Kier molecular flexibility index (Phi) is 48.0. The van der Waals surface area contributed by atoms with E-state index in [4.69, 9.17) is 42.2 Å². The fourth-order valence-corrected chi connectivity index (χ4v) is 12.6. The lowest BCUT2D eigenvalue weighted by Crippen LogP contribution is -2.69. The largest absolute Gasteiger partial charge is 0.472 e. The second kappa shape index (κ2) is 52.8. The number of hydrogen-bond donors (Lipinski definition) is 11. The standard InChI is InChI=1S/C71H125O24P/c1-4-7-10-13-16-19-22-25-26-29-31-34-37-40-43-46-56(74)88-51-54-59(77)61(79)66(84)71(92-54)94-68-64(82)62(80)63(81)67(93-70-65(83)60(78)58(76)53(48-72)91-70)69(68)95-96(85,86)89-50-52(90-57(75)47-44-41-38-35-32-28-24-21-18-15-12-9-6-3)49-87-55(73)45-42-39-36-33-30-27-23-20-17-14-11-8-5-2/h27-28,30,32,37,40,43,46,52-54,58-72,76-84H,4-26,29,31,33-36,38-39,41-42,44-45,47-51H2,1-3H3,(H,85,86)/b30-27-,32-28-,40-37+,46-43+. The summed E-state index contributed by atoms with van der Waals surface area (Å²) in [6, 6.07) is 0. The Morgan fingerprint density at radius 2 is 0.812 bits per heavy atom. The molecule has 3 fully saturated rings. The van der Waals surface area contributed by atoms with Crippen LogP contribution in [0.25, 0.3) is 0 Å². The molecule has 24 nitrogen and oxygen atoms in total. The van der Waals surface area contributed by atoms with E-state index in [1.165, 1.54) is 122 Å². The average molecular weight is 1390 g/mol. The monoisotopic (exact) mass is 1390 g/mol. The van der Waals surface area contributed by atoms with Gasteiger partial charge in [0.05, 0.1) is 13.2 Å². The minimum absolute atomic E-state index is 0.0173. The summed E-state index contributed by atoms with van der Waals surface area (Å²) in [5.74, 6) is -2.27. The Balaban J connectivity index is 1.77. The number of aliphatic hydroxyl groups excluding tert-OH is 10. The van der Waals surface area contributed by atoms with Crippen LogP contribution in [0.5, 0.6) is 0 Å². The molecule has 1 aliphatic carbocycles. The molecule has 0 bridgehead atoms. The smallest absolute Gasteiger partial charge is 0.462 e. The number of phosphoric acid groups is 1. The van der Waals surface area contributed by atoms with Crippen molar-refractivity contribution in [2.75, 3.05) is 26.4 Å². The van der Waals surface area contributed by atoms with Gasteiger partial charge in [-0.2, -0.15) is 0 Å². The summed E-state index contributed by atoms with van der Waals surface area (Å²) in [6.07, 6.45) is 15.5. The summed E-state index contributed by atoms with van der Waals surface area (Å²) in [7, 11) is -5.71. The van der Waals surface area contributed by atoms with Crippen molar-refractivity contribution in [2.24, 2.45) is 0 Å². The number of allylic oxidation sites excluding steroid dienone is 7. The Labute approximate surface area is 571 Å². The number of hydrogen-bond acceptors (Lipinski definition) is 23. The zero-order valence-corrected chi connectivity index (χ0v) is 58.8. The lowest BCUT2D eigenvalue weighted by molar-refractivity contribution is -0.360. The van der Waals surface area contributed by atoms with E-state index in [1.807, 2.05) is 6.08 Å². The topological polar surface area (TPSA) is 374 Å². The molecule has 0 aromatic carbocycles. The zero-order valence-electron chi connectivity index (χ0n) is 57.9. The van der Waals surface area contributed by atoms with Gasteiger partial charge >= 0.3 is 25.7 Å². The van der Waals surface area contributed by atoms with Crippen molar-refractivity contribution in [3.63, 3.8) is 0 Å². The molecular weight excluding hydrogens is 1270 g/mol. The lowest BCUT2D eigenvalue weighted by atomic mass is 9.84. The number of aliphatic hydroxyl groups is 10. The molecule has 558 valence electrons. The second-order valence-electron chi connectivity index (χ2n) is 26.0. The lowest BCUT2D eigenvalue weighted by Gasteiger charge is -2.49. The number of esters is 3. The van der Waals surface area contributed by atoms with Gasteiger partial charge in [-0.15, -0.1) is 0 Å². The summed E-state index contributed by atoms with van der Waals surface area (Å²) in [5, 5.41) is 110. The highest BCUT2D eigenvalue weighted by atomic mass is 31.2. The van der Waals surface area contributed by atoms with Crippen LogP contribution in [-0.2, 0) is 61.2 Å². The van der Waals surface area contributed by atoms with Crippen LogP contribution in [0.1, 0.15) is 252 Å². The van der Waals surface area contributed by atoms with Gasteiger partial charge in [-0.05, 0) is 77.0 Å². The summed E-state index contributed by atoms with van der Waals surface area (Å²) in [4.78, 5) is 50.8. The Hall–Kier alpha value is -3.08. The van der Waals surface area contributed by atoms with E-state index < -0.39 is 156 Å². The van der Waals surface area contributed by atoms with E-state index >= 15 is 0 Å². The fourth-order valence-electron chi connectivity index (χ4n) is 11.7. The molecule has 0 amide bonds. The third kappa shape index (κ3) is 36.0. The minimum atomic E-state index is -5.71. The van der Waals surface area contributed by atoms with Gasteiger partial charge in [0.25, 0.3) is 0 Å². The van der Waals surface area contributed by atoms with E-state index in [9.17, 15) is 74.9 Å². The van der Waals surface area contributed by atoms with Crippen LogP contribution in [0.15, 0.2) is 48.6 Å². The van der Waals surface area contributed by atoms with E-state index in [1.54, 1.807) is 6.08 Å². The van der Waals surface area contributed by atoms with Gasteiger partial charge in [0, 0.05) is 18.9 Å². The van der Waals surface area contributed by atoms with E-state index in [0.717, 1.165) is 89.5 Å². The molecule has 11 N–H and O–H groups in total. The van der Waals surface area contributed by atoms with Crippen LogP contribution in [-0.4, -0.2) is 204 Å². The Morgan fingerprint density at radius 3 is 1.26 bits per heavy atom. The zero-order chi connectivity index (χ0) is 70.4. The first-order valence-electron chi connectivity index (χ1n) is 36.5. The van der Waals surface area contributed by atoms with Crippen LogP contribution in [0.4, 0.5) is 0 Å². The van der Waals surface area contributed by atoms with Crippen LogP contribution in [0.2, 0.25) is 0 Å².